The van der Waals surface area contributed by atoms with Crippen molar-refractivity contribution >= 4 is 16.8 Å². The standard InChI is InChI=1S/C23H32F2N4O/c1-17(2)27-11-13-28(14-12-27)23(30)19-3-4-21-18(15-19)5-10-29(21)20-6-8-26(9-7-20)16-22(24)25/h3-5,10,15,17,20,22H,6-9,11-14,16H2,1-2H3. The Morgan fingerprint density at radius 3 is 2.37 bits per heavy atom. The zero-order chi connectivity index (χ0) is 21.3. The van der Waals surface area contributed by atoms with Crippen molar-refractivity contribution in [1.29, 1.82) is 0 Å². The van der Waals surface area contributed by atoms with Gasteiger partial charge in [-0.1, -0.05) is 0 Å². The Balaban J connectivity index is 1.42. The van der Waals surface area contributed by atoms with Crippen molar-refractivity contribution < 1.29 is 13.6 Å². The van der Waals surface area contributed by atoms with E-state index in [0.29, 0.717) is 25.2 Å². The first-order chi connectivity index (χ1) is 14.4. The van der Waals surface area contributed by atoms with Crippen molar-refractivity contribution in [3.63, 3.8) is 0 Å². The molecule has 0 atom stereocenters. The molecule has 7 heteroatoms. The lowest BCUT2D eigenvalue weighted by Gasteiger charge is -2.37. The van der Waals surface area contributed by atoms with Gasteiger partial charge < -0.3 is 9.47 Å². The molecule has 0 bridgehead atoms. The van der Waals surface area contributed by atoms with Crippen LogP contribution in [0.2, 0.25) is 0 Å². The second kappa shape index (κ2) is 9.02. The van der Waals surface area contributed by atoms with Gasteiger partial charge in [-0.15, -0.1) is 0 Å². The van der Waals surface area contributed by atoms with Gasteiger partial charge in [0.1, 0.15) is 0 Å². The number of rotatable bonds is 5. The fraction of sp³-hybridized carbons (Fsp3) is 0.609. The number of hydrogen-bond donors (Lipinski definition) is 0. The first kappa shape index (κ1) is 21.2. The molecule has 0 unspecified atom stereocenters. The number of piperazine rings is 1. The quantitative estimate of drug-likeness (QED) is 0.742. The number of hydrogen-bond acceptors (Lipinski definition) is 3. The second-order valence-corrected chi connectivity index (χ2v) is 8.84. The number of likely N-dealkylation sites (tertiary alicyclic amines) is 1. The molecule has 0 aliphatic carbocycles. The van der Waals surface area contributed by atoms with Crippen LogP contribution in [0.4, 0.5) is 8.78 Å². The van der Waals surface area contributed by atoms with Crippen LogP contribution in [0.15, 0.2) is 30.5 Å². The summed E-state index contributed by atoms with van der Waals surface area (Å²) in [5, 5.41) is 1.07. The molecule has 2 aliphatic heterocycles. The van der Waals surface area contributed by atoms with Crippen molar-refractivity contribution in [2.75, 3.05) is 45.8 Å². The van der Waals surface area contributed by atoms with E-state index in [4.69, 9.17) is 0 Å². The summed E-state index contributed by atoms with van der Waals surface area (Å²) in [5.74, 6) is 0.105. The monoisotopic (exact) mass is 418 g/mol. The number of alkyl halides is 2. The molecule has 1 aromatic carbocycles. The van der Waals surface area contributed by atoms with Crippen LogP contribution in [0.3, 0.4) is 0 Å². The number of carbonyl (C=O) groups excluding carboxylic acids is 1. The molecule has 2 saturated heterocycles. The van der Waals surface area contributed by atoms with Gasteiger partial charge in [-0.05, 0) is 51.0 Å². The third kappa shape index (κ3) is 4.52. The summed E-state index contributed by atoms with van der Waals surface area (Å²) in [4.78, 5) is 19.2. The summed E-state index contributed by atoms with van der Waals surface area (Å²) < 4.78 is 27.5. The van der Waals surface area contributed by atoms with Gasteiger partial charge in [-0.25, -0.2) is 8.78 Å². The molecule has 3 heterocycles. The van der Waals surface area contributed by atoms with Crippen molar-refractivity contribution in [2.45, 2.75) is 45.2 Å². The number of aromatic nitrogens is 1. The molecule has 30 heavy (non-hydrogen) atoms. The highest BCUT2D eigenvalue weighted by Crippen LogP contribution is 2.29. The van der Waals surface area contributed by atoms with E-state index in [9.17, 15) is 13.6 Å². The van der Waals surface area contributed by atoms with Gasteiger partial charge in [0.05, 0.1) is 6.54 Å². The summed E-state index contributed by atoms with van der Waals surface area (Å²) >= 11 is 0. The smallest absolute Gasteiger partial charge is 0.253 e. The molecule has 0 saturated carbocycles. The number of nitrogens with zero attached hydrogens (tertiary/aromatic N) is 4. The van der Waals surface area contributed by atoms with Gasteiger partial charge in [-0.2, -0.15) is 0 Å². The highest BCUT2D eigenvalue weighted by atomic mass is 19.3. The summed E-state index contributed by atoms with van der Waals surface area (Å²) in [6.45, 7) is 9.05. The van der Waals surface area contributed by atoms with Gasteiger partial charge in [0.15, 0.2) is 0 Å². The lowest BCUT2D eigenvalue weighted by Crippen LogP contribution is -2.50. The number of halogens is 2. The molecule has 0 radical (unpaired) electrons. The van der Waals surface area contributed by atoms with Crippen LogP contribution in [0.1, 0.15) is 43.1 Å². The largest absolute Gasteiger partial charge is 0.344 e. The molecule has 0 N–H and O–H groups in total. The molecule has 5 nitrogen and oxygen atoms in total. The van der Waals surface area contributed by atoms with E-state index < -0.39 is 6.43 Å². The number of piperidine rings is 1. The van der Waals surface area contributed by atoms with Crippen LogP contribution in [0, 0.1) is 0 Å². The highest BCUT2D eigenvalue weighted by Gasteiger charge is 2.25. The van der Waals surface area contributed by atoms with Gasteiger partial charge >= 0.3 is 0 Å². The molecule has 0 spiro atoms. The zero-order valence-corrected chi connectivity index (χ0v) is 17.9. The summed E-state index contributed by atoms with van der Waals surface area (Å²) in [5.41, 5.74) is 1.86. The van der Waals surface area contributed by atoms with Crippen LogP contribution >= 0.6 is 0 Å². The number of fused-ring (bicyclic) bond motifs is 1. The Morgan fingerprint density at radius 2 is 1.73 bits per heavy atom. The fourth-order valence-electron chi connectivity index (χ4n) is 4.81. The van der Waals surface area contributed by atoms with Crippen LogP contribution in [-0.4, -0.2) is 83.5 Å². The average Bonchev–Trinajstić information content (AvgIpc) is 3.16. The Labute approximate surface area is 177 Å². The molecule has 2 aliphatic rings. The molecule has 1 amide bonds. The molecular formula is C23H32F2N4O. The summed E-state index contributed by atoms with van der Waals surface area (Å²) in [6, 6.07) is 8.87. The maximum atomic E-state index is 13.0. The summed E-state index contributed by atoms with van der Waals surface area (Å²) in [6.07, 6.45) is 1.56. The summed E-state index contributed by atoms with van der Waals surface area (Å²) in [7, 11) is 0. The van der Waals surface area contributed by atoms with Crippen LogP contribution in [-0.2, 0) is 0 Å². The Bertz CT molecular complexity index is 865. The van der Waals surface area contributed by atoms with Gasteiger partial charge in [0, 0.05) is 74.0 Å². The predicted molar refractivity (Wildman–Crippen MR) is 115 cm³/mol. The normalized spacial score (nSPS) is 20.0. The molecule has 1 aromatic heterocycles. The lowest BCUT2D eigenvalue weighted by molar-refractivity contribution is 0.0595. The molecule has 164 valence electrons. The predicted octanol–water partition coefficient (Wildman–Crippen LogP) is 3.71. The number of benzene rings is 1. The van der Waals surface area contributed by atoms with Gasteiger partial charge in [0.25, 0.3) is 12.3 Å². The lowest BCUT2D eigenvalue weighted by atomic mass is 10.0. The molecular weight excluding hydrogens is 386 g/mol. The minimum Gasteiger partial charge on any atom is -0.344 e. The third-order valence-electron chi connectivity index (χ3n) is 6.65. The number of carbonyl (C=O) groups is 1. The van der Waals surface area contributed by atoms with E-state index in [1.807, 2.05) is 28.0 Å². The Hall–Kier alpha value is -1.99. The topological polar surface area (TPSA) is 31.7 Å². The van der Waals surface area contributed by atoms with Gasteiger partial charge in [-0.3, -0.25) is 14.6 Å². The van der Waals surface area contributed by atoms with E-state index in [1.54, 1.807) is 0 Å². The van der Waals surface area contributed by atoms with Crippen molar-refractivity contribution in [2.24, 2.45) is 0 Å². The second-order valence-electron chi connectivity index (χ2n) is 8.84. The van der Waals surface area contributed by atoms with Crippen LogP contribution in [0.5, 0.6) is 0 Å². The maximum Gasteiger partial charge on any atom is 0.253 e. The first-order valence-electron chi connectivity index (χ1n) is 11.1. The minimum atomic E-state index is -2.27. The average molecular weight is 419 g/mol. The van der Waals surface area contributed by atoms with E-state index in [2.05, 4.69) is 35.6 Å². The van der Waals surface area contributed by atoms with Gasteiger partial charge in [0.2, 0.25) is 0 Å². The third-order valence-corrected chi connectivity index (χ3v) is 6.65. The van der Waals surface area contributed by atoms with Crippen molar-refractivity contribution in [3.8, 4) is 0 Å². The zero-order valence-electron chi connectivity index (χ0n) is 17.9. The van der Waals surface area contributed by atoms with Crippen LogP contribution in [0.25, 0.3) is 10.9 Å². The number of amides is 1. The van der Waals surface area contributed by atoms with E-state index in [-0.39, 0.29) is 12.5 Å². The maximum absolute atomic E-state index is 13.0. The van der Waals surface area contributed by atoms with Crippen LogP contribution < -0.4 is 0 Å². The Morgan fingerprint density at radius 1 is 1.03 bits per heavy atom. The minimum absolute atomic E-state index is 0.105. The fourth-order valence-corrected chi connectivity index (χ4v) is 4.81. The molecule has 4 rings (SSSR count). The Kier molecular flexibility index (Phi) is 6.39. The highest BCUT2D eigenvalue weighted by molar-refractivity contribution is 5.98. The van der Waals surface area contributed by atoms with Crippen molar-refractivity contribution in [1.82, 2.24) is 19.3 Å². The van der Waals surface area contributed by atoms with E-state index in [0.717, 1.165) is 55.5 Å². The van der Waals surface area contributed by atoms with E-state index >= 15 is 0 Å². The van der Waals surface area contributed by atoms with Crippen molar-refractivity contribution in [3.05, 3.63) is 36.0 Å². The first-order valence-corrected chi connectivity index (χ1v) is 11.1. The molecule has 2 fully saturated rings. The SMILES string of the molecule is CC(C)N1CCN(C(=O)c2ccc3c(ccn3C3CCN(CC(F)F)CC3)c2)CC1. The van der Waals surface area contributed by atoms with E-state index in [1.165, 1.54) is 0 Å². The molecule has 2 aromatic rings.